The van der Waals surface area contributed by atoms with Gasteiger partial charge in [0, 0.05) is 18.3 Å². The lowest BCUT2D eigenvalue weighted by Crippen LogP contribution is -2.32. The van der Waals surface area contributed by atoms with Crippen molar-refractivity contribution >= 4 is 23.1 Å². The molecule has 8 nitrogen and oxygen atoms in total. The SMILES string of the molecule is CCN1C(=O)C(Nc2ccc(OC)c(OC)c2)=C(c2ccc(OC)c(OC)c2)C1=O. The zero-order valence-corrected chi connectivity index (χ0v) is 17.6. The van der Waals surface area contributed by atoms with Crippen LogP contribution < -0.4 is 24.3 Å². The minimum absolute atomic E-state index is 0.182. The Labute approximate surface area is 175 Å². The number of hydrogen-bond acceptors (Lipinski definition) is 7. The lowest BCUT2D eigenvalue weighted by atomic mass is 10.0. The molecule has 2 aromatic carbocycles. The normalized spacial score (nSPS) is 13.6. The van der Waals surface area contributed by atoms with Gasteiger partial charge in [0.15, 0.2) is 23.0 Å². The quantitative estimate of drug-likeness (QED) is 0.667. The Morgan fingerprint density at radius 1 is 0.767 bits per heavy atom. The molecule has 0 aromatic heterocycles. The smallest absolute Gasteiger partial charge is 0.278 e. The summed E-state index contributed by atoms with van der Waals surface area (Å²) in [6.07, 6.45) is 0. The van der Waals surface area contributed by atoms with Crippen LogP contribution in [0.5, 0.6) is 23.0 Å². The Bertz CT molecular complexity index is 1010. The zero-order valence-electron chi connectivity index (χ0n) is 17.6. The Hall–Kier alpha value is -3.68. The highest BCUT2D eigenvalue weighted by atomic mass is 16.5. The minimum atomic E-state index is -0.401. The van der Waals surface area contributed by atoms with E-state index in [1.807, 2.05) is 0 Å². The van der Waals surface area contributed by atoms with Crippen LogP contribution in [0, 0.1) is 0 Å². The fourth-order valence-electron chi connectivity index (χ4n) is 3.30. The van der Waals surface area contributed by atoms with E-state index in [4.69, 9.17) is 18.9 Å². The summed E-state index contributed by atoms with van der Waals surface area (Å²) in [5.74, 6) is 1.27. The maximum absolute atomic E-state index is 13.0. The van der Waals surface area contributed by atoms with E-state index in [9.17, 15) is 9.59 Å². The van der Waals surface area contributed by atoms with Gasteiger partial charge in [-0.1, -0.05) is 6.07 Å². The van der Waals surface area contributed by atoms with Crippen molar-refractivity contribution in [2.24, 2.45) is 0 Å². The van der Waals surface area contributed by atoms with Crippen LogP contribution in [0.25, 0.3) is 5.57 Å². The van der Waals surface area contributed by atoms with Gasteiger partial charge in [0.05, 0.1) is 34.0 Å². The first kappa shape index (κ1) is 21.0. The van der Waals surface area contributed by atoms with Crippen molar-refractivity contribution in [3.63, 3.8) is 0 Å². The molecule has 2 aromatic rings. The number of anilines is 1. The number of nitrogens with one attached hydrogen (secondary N) is 1. The highest BCUT2D eigenvalue weighted by Crippen LogP contribution is 2.36. The number of imide groups is 1. The Kier molecular flexibility index (Phi) is 6.15. The van der Waals surface area contributed by atoms with E-state index in [1.54, 1.807) is 50.4 Å². The lowest BCUT2D eigenvalue weighted by molar-refractivity contribution is -0.136. The number of carbonyl (C=O) groups is 2. The van der Waals surface area contributed by atoms with Crippen LogP contribution in [0.15, 0.2) is 42.1 Å². The second-order valence-electron chi connectivity index (χ2n) is 6.37. The van der Waals surface area contributed by atoms with Gasteiger partial charge in [-0.05, 0) is 36.8 Å². The topological polar surface area (TPSA) is 86.3 Å². The van der Waals surface area contributed by atoms with Crippen LogP contribution in [0.3, 0.4) is 0 Å². The molecule has 1 aliphatic heterocycles. The third kappa shape index (κ3) is 3.63. The third-order valence-electron chi connectivity index (χ3n) is 4.81. The Balaban J connectivity index is 2.11. The van der Waals surface area contributed by atoms with Crippen molar-refractivity contribution in [3.05, 3.63) is 47.7 Å². The summed E-state index contributed by atoms with van der Waals surface area (Å²) in [7, 11) is 6.11. The van der Waals surface area contributed by atoms with Crippen LogP contribution in [-0.2, 0) is 9.59 Å². The van der Waals surface area contributed by atoms with Gasteiger partial charge in [-0.15, -0.1) is 0 Å². The molecule has 0 radical (unpaired) electrons. The summed E-state index contributed by atoms with van der Waals surface area (Å²) in [6.45, 7) is 2.01. The minimum Gasteiger partial charge on any atom is -0.493 e. The van der Waals surface area contributed by atoms with Gasteiger partial charge in [0.1, 0.15) is 5.70 Å². The number of carbonyl (C=O) groups excluding carboxylic acids is 2. The van der Waals surface area contributed by atoms with E-state index in [2.05, 4.69) is 5.32 Å². The zero-order chi connectivity index (χ0) is 21.8. The number of benzene rings is 2. The predicted molar refractivity (Wildman–Crippen MR) is 112 cm³/mol. The molecule has 0 saturated heterocycles. The monoisotopic (exact) mass is 412 g/mol. The molecule has 8 heteroatoms. The Morgan fingerprint density at radius 2 is 1.33 bits per heavy atom. The molecule has 0 bridgehead atoms. The number of nitrogens with zero attached hydrogens (tertiary/aromatic N) is 1. The highest BCUT2D eigenvalue weighted by molar-refractivity contribution is 6.36. The van der Waals surface area contributed by atoms with Crippen LogP contribution in [0.1, 0.15) is 12.5 Å². The van der Waals surface area contributed by atoms with Crippen LogP contribution in [0.2, 0.25) is 0 Å². The molecule has 0 aliphatic carbocycles. The number of ether oxygens (including phenoxy) is 4. The second kappa shape index (κ2) is 8.77. The lowest BCUT2D eigenvalue weighted by Gasteiger charge is -2.13. The number of methoxy groups -OCH3 is 4. The molecule has 30 heavy (non-hydrogen) atoms. The molecule has 0 fully saturated rings. The number of likely N-dealkylation sites (N-methyl/N-ethyl adjacent to an activating group) is 1. The van der Waals surface area contributed by atoms with Crippen molar-refractivity contribution in [2.75, 3.05) is 40.3 Å². The molecule has 2 amide bonds. The van der Waals surface area contributed by atoms with Gasteiger partial charge in [-0.25, -0.2) is 0 Å². The summed E-state index contributed by atoms with van der Waals surface area (Å²) in [6, 6.07) is 10.3. The van der Waals surface area contributed by atoms with E-state index in [0.717, 1.165) is 0 Å². The summed E-state index contributed by atoms with van der Waals surface area (Å²) >= 11 is 0. The number of amides is 2. The predicted octanol–water partition coefficient (Wildman–Crippen LogP) is 2.93. The summed E-state index contributed by atoms with van der Waals surface area (Å²) < 4.78 is 21.2. The number of rotatable bonds is 8. The molecule has 1 aliphatic rings. The molecule has 0 atom stereocenters. The van der Waals surface area contributed by atoms with E-state index in [0.29, 0.717) is 34.2 Å². The highest BCUT2D eigenvalue weighted by Gasteiger charge is 2.38. The van der Waals surface area contributed by atoms with Crippen LogP contribution in [0.4, 0.5) is 5.69 Å². The maximum Gasteiger partial charge on any atom is 0.278 e. The fourth-order valence-corrected chi connectivity index (χ4v) is 3.30. The van der Waals surface area contributed by atoms with Gasteiger partial charge in [0.2, 0.25) is 0 Å². The average molecular weight is 412 g/mol. The van der Waals surface area contributed by atoms with Crippen molar-refractivity contribution in [1.82, 2.24) is 4.90 Å². The molecule has 158 valence electrons. The van der Waals surface area contributed by atoms with E-state index < -0.39 is 5.91 Å². The summed E-state index contributed by atoms with van der Waals surface area (Å²) in [5.41, 5.74) is 1.57. The summed E-state index contributed by atoms with van der Waals surface area (Å²) in [5, 5.41) is 3.09. The van der Waals surface area contributed by atoms with E-state index in [1.165, 1.54) is 26.2 Å². The maximum atomic E-state index is 13.0. The molecular weight excluding hydrogens is 388 g/mol. The molecule has 0 saturated carbocycles. The Morgan fingerprint density at radius 3 is 1.90 bits per heavy atom. The molecule has 0 spiro atoms. The average Bonchev–Trinajstić information content (AvgIpc) is 3.01. The molecular formula is C22H24N2O6. The van der Waals surface area contributed by atoms with Gasteiger partial charge < -0.3 is 24.3 Å². The first-order valence-electron chi connectivity index (χ1n) is 9.30. The first-order chi connectivity index (χ1) is 14.5. The van der Waals surface area contributed by atoms with Gasteiger partial charge in [-0.3, -0.25) is 14.5 Å². The van der Waals surface area contributed by atoms with Gasteiger partial charge in [-0.2, -0.15) is 0 Å². The molecule has 1 N–H and O–H groups in total. The third-order valence-corrected chi connectivity index (χ3v) is 4.81. The van der Waals surface area contributed by atoms with Crippen molar-refractivity contribution in [3.8, 4) is 23.0 Å². The van der Waals surface area contributed by atoms with E-state index in [-0.39, 0.29) is 23.7 Å². The van der Waals surface area contributed by atoms with E-state index >= 15 is 0 Å². The largest absolute Gasteiger partial charge is 0.493 e. The van der Waals surface area contributed by atoms with Crippen LogP contribution >= 0.6 is 0 Å². The van der Waals surface area contributed by atoms with Crippen LogP contribution in [-0.4, -0.2) is 51.7 Å². The first-order valence-corrected chi connectivity index (χ1v) is 9.30. The molecule has 3 rings (SSSR count). The second-order valence-corrected chi connectivity index (χ2v) is 6.37. The molecule has 0 unspecified atom stereocenters. The molecule has 1 heterocycles. The number of hydrogen-bond donors (Lipinski definition) is 1. The van der Waals surface area contributed by atoms with Crippen molar-refractivity contribution < 1.29 is 28.5 Å². The van der Waals surface area contributed by atoms with Gasteiger partial charge >= 0.3 is 0 Å². The van der Waals surface area contributed by atoms with Crippen molar-refractivity contribution in [2.45, 2.75) is 6.92 Å². The van der Waals surface area contributed by atoms with Gasteiger partial charge in [0.25, 0.3) is 11.8 Å². The standard InChI is InChI=1S/C22H24N2O6/c1-6-24-21(25)19(13-7-9-15(27-2)17(11-13)29-4)20(22(24)26)23-14-8-10-16(28-3)18(12-14)30-5/h7-12,23H,6H2,1-5H3. The van der Waals surface area contributed by atoms with Crippen molar-refractivity contribution in [1.29, 1.82) is 0 Å². The fraction of sp³-hybridized carbons (Fsp3) is 0.273. The summed E-state index contributed by atoms with van der Waals surface area (Å²) in [4.78, 5) is 27.2.